The molecular weight excluding hydrogens is 214 g/mol. The lowest BCUT2D eigenvalue weighted by molar-refractivity contribution is -0.166. The summed E-state index contributed by atoms with van der Waals surface area (Å²) in [6.07, 6.45) is 9.30. The number of nitrogens with zero attached hydrogens (tertiary/aromatic N) is 1. The second-order valence-electron chi connectivity index (χ2n) is 6.41. The van der Waals surface area contributed by atoms with Crippen molar-refractivity contribution in [1.82, 2.24) is 4.90 Å². The molecule has 0 amide bonds. The summed E-state index contributed by atoms with van der Waals surface area (Å²) in [6.45, 7) is 1.61. The Hall–Kier alpha value is -0.120. The molecule has 0 spiro atoms. The topological polar surface area (TPSA) is 43.7 Å². The highest BCUT2D eigenvalue weighted by molar-refractivity contribution is 5.04. The van der Waals surface area contributed by atoms with Crippen LogP contribution in [0.25, 0.3) is 0 Å². The van der Waals surface area contributed by atoms with Gasteiger partial charge in [-0.25, -0.2) is 0 Å². The Morgan fingerprint density at radius 2 is 1.47 bits per heavy atom. The van der Waals surface area contributed by atoms with Crippen LogP contribution in [0.15, 0.2) is 0 Å². The van der Waals surface area contributed by atoms with Gasteiger partial charge in [0.1, 0.15) is 0 Å². The maximum atomic E-state index is 10.6. The van der Waals surface area contributed by atoms with Gasteiger partial charge < -0.3 is 10.2 Å². The molecule has 3 fully saturated rings. The normalized spacial score (nSPS) is 39.2. The van der Waals surface area contributed by atoms with E-state index in [0.29, 0.717) is 12.0 Å². The minimum Gasteiger partial charge on any atom is -0.391 e. The van der Waals surface area contributed by atoms with Gasteiger partial charge >= 0.3 is 0 Å². The van der Waals surface area contributed by atoms with Crippen LogP contribution in [0.4, 0.5) is 0 Å². The molecule has 3 heteroatoms. The van der Waals surface area contributed by atoms with Crippen molar-refractivity contribution in [2.45, 2.75) is 69.1 Å². The highest BCUT2D eigenvalue weighted by Crippen LogP contribution is 2.41. The molecule has 0 bridgehead atoms. The minimum absolute atomic E-state index is 0.156. The number of likely N-dealkylation sites (tertiary alicyclic amines) is 1. The van der Waals surface area contributed by atoms with E-state index in [-0.39, 0.29) is 6.10 Å². The lowest BCUT2D eigenvalue weighted by atomic mass is 9.77. The van der Waals surface area contributed by atoms with Crippen LogP contribution < -0.4 is 0 Å². The molecule has 0 aromatic rings. The zero-order valence-electron chi connectivity index (χ0n) is 10.6. The van der Waals surface area contributed by atoms with Crippen molar-refractivity contribution in [3.63, 3.8) is 0 Å². The van der Waals surface area contributed by atoms with Crippen LogP contribution in [0.3, 0.4) is 0 Å². The predicted octanol–water partition coefficient (Wildman–Crippen LogP) is 1.53. The molecule has 2 aliphatic carbocycles. The van der Waals surface area contributed by atoms with Crippen molar-refractivity contribution in [1.29, 1.82) is 0 Å². The third-order valence-corrected chi connectivity index (χ3v) is 5.23. The highest BCUT2D eigenvalue weighted by atomic mass is 16.3. The summed E-state index contributed by atoms with van der Waals surface area (Å²) in [5.41, 5.74) is -0.423. The Morgan fingerprint density at radius 1 is 0.882 bits per heavy atom. The Bertz CT molecular complexity index is 269. The van der Waals surface area contributed by atoms with Gasteiger partial charge in [0.05, 0.1) is 11.7 Å². The van der Waals surface area contributed by atoms with Gasteiger partial charge in [0.15, 0.2) is 0 Å². The summed E-state index contributed by atoms with van der Waals surface area (Å²) in [5.74, 6) is 0.527. The maximum absolute atomic E-state index is 10.6. The first-order valence-corrected chi connectivity index (χ1v) is 7.33. The van der Waals surface area contributed by atoms with E-state index < -0.39 is 5.60 Å². The van der Waals surface area contributed by atoms with Crippen LogP contribution in [0.1, 0.15) is 51.4 Å². The van der Waals surface area contributed by atoms with Crippen LogP contribution >= 0.6 is 0 Å². The van der Waals surface area contributed by atoms with E-state index in [1.54, 1.807) is 0 Å². The van der Waals surface area contributed by atoms with E-state index in [4.69, 9.17) is 0 Å². The average molecular weight is 239 g/mol. The van der Waals surface area contributed by atoms with Crippen LogP contribution in [0.5, 0.6) is 0 Å². The predicted molar refractivity (Wildman–Crippen MR) is 66.7 cm³/mol. The molecule has 0 unspecified atom stereocenters. The van der Waals surface area contributed by atoms with Crippen LogP contribution in [0.2, 0.25) is 0 Å². The largest absolute Gasteiger partial charge is 0.391 e. The number of rotatable bonds is 2. The lowest BCUT2D eigenvalue weighted by Gasteiger charge is -2.54. The van der Waals surface area contributed by atoms with E-state index in [0.717, 1.165) is 25.9 Å². The molecule has 3 nitrogen and oxygen atoms in total. The zero-order chi connectivity index (χ0) is 11.9. The average Bonchev–Trinajstić information content (AvgIpc) is 2.79. The molecule has 3 aliphatic rings. The summed E-state index contributed by atoms with van der Waals surface area (Å²) in [4.78, 5) is 2.32. The number of β-amino-alcohol motifs (C(OH)–C–C–N with tert-alkyl or cyclic N) is 1. The molecule has 2 saturated carbocycles. The van der Waals surface area contributed by atoms with Gasteiger partial charge in [-0.2, -0.15) is 0 Å². The molecule has 0 radical (unpaired) electrons. The third-order valence-electron chi connectivity index (χ3n) is 5.23. The van der Waals surface area contributed by atoms with E-state index in [1.807, 2.05) is 0 Å². The molecule has 2 atom stereocenters. The van der Waals surface area contributed by atoms with E-state index in [1.165, 1.54) is 38.5 Å². The van der Waals surface area contributed by atoms with Crippen molar-refractivity contribution in [2.75, 3.05) is 13.1 Å². The molecular formula is C14H25NO2. The maximum Gasteiger partial charge on any atom is 0.0928 e. The van der Waals surface area contributed by atoms with E-state index in [9.17, 15) is 10.2 Å². The van der Waals surface area contributed by atoms with E-state index in [2.05, 4.69) is 4.90 Å². The first-order chi connectivity index (χ1) is 8.19. The Labute approximate surface area is 104 Å². The fourth-order valence-electron chi connectivity index (χ4n) is 4.13. The van der Waals surface area contributed by atoms with Gasteiger partial charge in [-0.1, -0.05) is 25.7 Å². The molecule has 0 aromatic carbocycles. The summed E-state index contributed by atoms with van der Waals surface area (Å²) in [5, 5.41) is 20.6. The number of hydrogen-bond acceptors (Lipinski definition) is 3. The van der Waals surface area contributed by atoms with Crippen LogP contribution in [-0.4, -0.2) is 45.9 Å². The molecule has 98 valence electrons. The first kappa shape index (κ1) is 11.9. The number of aliphatic hydroxyl groups excluding tert-OH is 1. The Kier molecular flexibility index (Phi) is 3.18. The van der Waals surface area contributed by atoms with E-state index >= 15 is 0 Å². The second kappa shape index (κ2) is 4.52. The Balaban J connectivity index is 1.55. The molecule has 17 heavy (non-hydrogen) atoms. The van der Waals surface area contributed by atoms with Gasteiger partial charge in [-0.3, -0.25) is 4.90 Å². The van der Waals surface area contributed by atoms with Gasteiger partial charge in [0.2, 0.25) is 0 Å². The fraction of sp³-hybridized carbons (Fsp3) is 1.00. The lowest BCUT2D eigenvalue weighted by Crippen LogP contribution is -2.69. The standard InChI is InChI=1S/C14H25NO2/c16-13-8-4-3-7-12(13)15-9-14(17,10-15)11-5-1-2-6-11/h11-13,16-17H,1-10H2/t12-,13-/m0/s1. The number of hydrogen-bond donors (Lipinski definition) is 2. The number of aliphatic hydroxyl groups is 2. The second-order valence-corrected chi connectivity index (χ2v) is 6.41. The van der Waals surface area contributed by atoms with Gasteiger partial charge in [0.25, 0.3) is 0 Å². The monoisotopic (exact) mass is 239 g/mol. The summed E-state index contributed by atoms with van der Waals surface area (Å²) < 4.78 is 0. The third kappa shape index (κ3) is 2.13. The SMILES string of the molecule is O[C@H]1CCCC[C@@H]1N1CC(O)(C2CCCC2)C1. The summed E-state index contributed by atoms with van der Waals surface area (Å²) in [6, 6.07) is 0.324. The zero-order valence-corrected chi connectivity index (χ0v) is 10.6. The van der Waals surface area contributed by atoms with Crippen molar-refractivity contribution in [3.8, 4) is 0 Å². The van der Waals surface area contributed by atoms with Crippen molar-refractivity contribution in [3.05, 3.63) is 0 Å². The van der Waals surface area contributed by atoms with Crippen LogP contribution in [0, 0.1) is 5.92 Å². The minimum atomic E-state index is -0.423. The van der Waals surface area contributed by atoms with Gasteiger partial charge in [-0.05, 0) is 31.6 Å². The first-order valence-electron chi connectivity index (χ1n) is 7.33. The molecule has 2 N–H and O–H groups in total. The van der Waals surface area contributed by atoms with Gasteiger partial charge in [0, 0.05) is 19.1 Å². The van der Waals surface area contributed by atoms with Crippen molar-refractivity contribution in [2.24, 2.45) is 5.92 Å². The summed E-state index contributed by atoms with van der Waals surface area (Å²) >= 11 is 0. The summed E-state index contributed by atoms with van der Waals surface area (Å²) in [7, 11) is 0. The molecule has 0 aromatic heterocycles. The Morgan fingerprint density at radius 3 is 2.12 bits per heavy atom. The quantitative estimate of drug-likeness (QED) is 0.768. The molecule has 1 heterocycles. The van der Waals surface area contributed by atoms with Crippen LogP contribution in [-0.2, 0) is 0 Å². The highest BCUT2D eigenvalue weighted by Gasteiger charge is 2.50. The van der Waals surface area contributed by atoms with Crippen molar-refractivity contribution >= 4 is 0 Å². The molecule has 3 rings (SSSR count). The molecule has 1 aliphatic heterocycles. The van der Waals surface area contributed by atoms with Gasteiger partial charge in [-0.15, -0.1) is 0 Å². The molecule has 1 saturated heterocycles. The fourth-order valence-corrected chi connectivity index (χ4v) is 4.13. The van der Waals surface area contributed by atoms with Crippen molar-refractivity contribution < 1.29 is 10.2 Å². The smallest absolute Gasteiger partial charge is 0.0928 e.